The van der Waals surface area contributed by atoms with Crippen molar-refractivity contribution in [1.82, 2.24) is 14.5 Å². The van der Waals surface area contributed by atoms with Crippen molar-refractivity contribution in [1.29, 1.82) is 0 Å². The van der Waals surface area contributed by atoms with Crippen molar-refractivity contribution in [2.24, 2.45) is 7.05 Å². The number of carbonyl (C=O) groups excluding carboxylic acids is 1. The van der Waals surface area contributed by atoms with Gasteiger partial charge in [-0.3, -0.25) is 9.59 Å². The Morgan fingerprint density at radius 2 is 1.85 bits per heavy atom. The number of rotatable bonds is 6. The Balaban J connectivity index is 1.54. The Morgan fingerprint density at radius 3 is 2.55 bits per heavy atom. The fourth-order valence-electron chi connectivity index (χ4n) is 4.15. The van der Waals surface area contributed by atoms with Crippen molar-refractivity contribution in [3.63, 3.8) is 0 Å². The molecule has 1 aliphatic heterocycles. The predicted octanol–water partition coefficient (Wildman–Crippen LogP) is 4.06. The molecule has 0 radical (unpaired) electrons. The van der Waals surface area contributed by atoms with Crippen LogP contribution < -0.4 is 10.9 Å². The van der Waals surface area contributed by atoms with E-state index in [-0.39, 0.29) is 24.0 Å². The summed E-state index contributed by atoms with van der Waals surface area (Å²) in [7, 11) is 3.88. The van der Waals surface area contributed by atoms with Crippen molar-refractivity contribution in [2.75, 3.05) is 25.5 Å². The zero-order valence-electron chi connectivity index (χ0n) is 19.4. The SMILES string of the molecule is CC(=O)OCc1cccc(-c2cn(C)c(=O)c(Nc3ccc(C4CCN(C)CC4)cc3)n2)c1. The van der Waals surface area contributed by atoms with Gasteiger partial charge in [0.1, 0.15) is 6.61 Å². The molecular formula is C26H30N4O3. The third-order valence-electron chi connectivity index (χ3n) is 6.10. The second-order valence-electron chi connectivity index (χ2n) is 8.70. The molecule has 0 aliphatic carbocycles. The van der Waals surface area contributed by atoms with E-state index in [4.69, 9.17) is 4.74 Å². The molecule has 1 aliphatic rings. The number of hydrogen-bond donors (Lipinski definition) is 1. The first kappa shape index (κ1) is 22.7. The van der Waals surface area contributed by atoms with Crippen LogP contribution in [-0.4, -0.2) is 40.6 Å². The Morgan fingerprint density at radius 1 is 1.12 bits per heavy atom. The maximum absolute atomic E-state index is 12.7. The first-order chi connectivity index (χ1) is 15.9. The number of nitrogens with zero attached hydrogens (tertiary/aromatic N) is 3. The maximum atomic E-state index is 12.7. The number of anilines is 2. The summed E-state index contributed by atoms with van der Waals surface area (Å²) in [6, 6.07) is 15.9. The molecule has 2 aromatic carbocycles. The van der Waals surface area contributed by atoms with E-state index in [0.29, 0.717) is 11.6 Å². The minimum atomic E-state index is -0.325. The second-order valence-corrected chi connectivity index (χ2v) is 8.70. The summed E-state index contributed by atoms with van der Waals surface area (Å²) in [4.78, 5) is 30.8. The quantitative estimate of drug-likeness (QED) is 0.576. The van der Waals surface area contributed by atoms with Gasteiger partial charge >= 0.3 is 5.97 Å². The average Bonchev–Trinajstić information content (AvgIpc) is 2.82. The van der Waals surface area contributed by atoms with Crippen LogP contribution in [0, 0.1) is 0 Å². The Bertz CT molecular complexity index is 1180. The molecule has 2 heterocycles. The average molecular weight is 447 g/mol. The van der Waals surface area contributed by atoms with E-state index < -0.39 is 0 Å². The van der Waals surface area contributed by atoms with Crippen molar-refractivity contribution in [2.45, 2.75) is 32.3 Å². The van der Waals surface area contributed by atoms with Crippen LogP contribution in [0.3, 0.4) is 0 Å². The van der Waals surface area contributed by atoms with E-state index in [1.54, 1.807) is 13.2 Å². The van der Waals surface area contributed by atoms with Crippen LogP contribution in [0.25, 0.3) is 11.3 Å². The highest BCUT2D eigenvalue weighted by Crippen LogP contribution is 2.29. The predicted molar refractivity (Wildman–Crippen MR) is 130 cm³/mol. The van der Waals surface area contributed by atoms with E-state index >= 15 is 0 Å². The second kappa shape index (κ2) is 10.0. The molecule has 0 bridgehead atoms. The molecule has 0 spiro atoms. The first-order valence-corrected chi connectivity index (χ1v) is 11.2. The van der Waals surface area contributed by atoms with Gasteiger partial charge in [0.25, 0.3) is 5.56 Å². The number of aromatic nitrogens is 2. The smallest absolute Gasteiger partial charge is 0.302 e. The summed E-state index contributed by atoms with van der Waals surface area (Å²) < 4.78 is 6.62. The van der Waals surface area contributed by atoms with Crippen LogP contribution in [0.2, 0.25) is 0 Å². The number of carbonyl (C=O) groups is 1. The lowest BCUT2D eigenvalue weighted by atomic mass is 9.89. The van der Waals surface area contributed by atoms with E-state index in [1.165, 1.54) is 29.9 Å². The molecule has 0 saturated carbocycles. The third kappa shape index (κ3) is 5.68. The lowest BCUT2D eigenvalue weighted by Gasteiger charge is -2.29. The summed E-state index contributed by atoms with van der Waals surface area (Å²) in [6.07, 6.45) is 4.05. The largest absolute Gasteiger partial charge is 0.461 e. The van der Waals surface area contributed by atoms with E-state index in [1.807, 2.05) is 36.4 Å². The number of hydrogen-bond acceptors (Lipinski definition) is 6. The van der Waals surface area contributed by atoms with Gasteiger partial charge in [0.05, 0.1) is 5.69 Å². The third-order valence-corrected chi connectivity index (χ3v) is 6.10. The van der Waals surface area contributed by atoms with Gasteiger partial charge in [-0.2, -0.15) is 0 Å². The Labute approximate surface area is 194 Å². The molecule has 33 heavy (non-hydrogen) atoms. The van der Waals surface area contributed by atoms with Gasteiger partial charge in [0.2, 0.25) is 0 Å². The fourth-order valence-corrected chi connectivity index (χ4v) is 4.15. The lowest BCUT2D eigenvalue weighted by molar-refractivity contribution is -0.142. The molecular weight excluding hydrogens is 416 g/mol. The van der Waals surface area contributed by atoms with E-state index in [0.717, 1.165) is 29.9 Å². The lowest BCUT2D eigenvalue weighted by Crippen LogP contribution is -2.29. The summed E-state index contributed by atoms with van der Waals surface area (Å²) in [6.45, 7) is 3.83. The fraction of sp³-hybridized carbons (Fsp3) is 0.346. The molecule has 1 aromatic heterocycles. The van der Waals surface area contributed by atoms with Crippen molar-refractivity contribution < 1.29 is 9.53 Å². The molecule has 7 nitrogen and oxygen atoms in total. The molecule has 7 heteroatoms. The summed E-state index contributed by atoms with van der Waals surface area (Å²) in [5.41, 5.74) is 4.33. The first-order valence-electron chi connectivity index (χ1n) is 11.2. The normalized spacial score (nSPS) is 14.8. The van der Waals surface area contributed by atoms with Gasteiger partial charge in [-0.1, -0.05) is 30.3 Å². The number of aryl methyl sites for hydroxylation is 1. The van der Waals surface area contributed by atoms with Gasteiger partial charge in [-0.05, 0) is 68.2 Å². The minimum absolute atomic E-state index is 0.198. The molecule has 1 saturated heterocycles. The topological polar surface area (TPSA) is 76.5 Å². The molecule has 1 fully saturated rings. The van der Waals surface area contributed by atoms with Crippen molar-refractivity contribution in [3.05, 3.63) is 76.2 Å². The van der Waals surface area contributed by atoms with Gasteiger partial charge in [-0.15, -0.1) is 0 Å². The van der Waals surface area contributed by atoms with Crippen LogP contribution in [0.15, 0.2) is 59.5 Å². The van der Waals surface area contributed by atoms with Crippen LogP contribution in [0.5, 0.6) is 0 Å². The molecule has 0 atom stereocenters. The van der Waals surface area contributed by atoms with Crippen LogP contribution in [-0.2, 0) is 23.2 Å². The Hall–Kier alpha value is -3.45. The molecule has 3 aromatic rings. The number of piperidine rings is 1. The molecule has 172 valence electrons. The zero-order valence-corrected chi connectivity index (χ0v) is 19.4. The number of benzene rings is 2. The van der Waals surface area contributed by atoms with E-state index in [2.05, 4.69) is 34.4 Å². The van der Waals surface area contributed by atoms with Crippen molar-refractivity contribution >= 4 is 17.5 Å². The molecule has 0 unspecified atom stereocenters. The van der Waals surface area contributed by atoms with Crippen molar-refractivity contribution in [3.8, 4) is 11.3 Å². The number of likely N-dealkylation sites (tertiary alicyclic amines) is 1. The number of esters is 1. The van der Waals surface area contributed by atoms with Crippen LogP contribution >= 0.6 is 0 Å². The molecule has 0 amide bonds. The van der Waals surface area contributed by atoms with E-state index in [9.17, 15) is 9.59 Å². The minimum Gasteiger partial charge on any atom is -0.461 e. The number of ether oxygens (including phenoxy) is 1. The van der Waals surface area contributed by atoms with Crippen LogP contribution in [0.1, 0.15) is 36.8 Å². The standard InChI is InChI=1S/C26H30N4O3/c1-18(31)33-17-19-5-4-6-22(15-19)24-16-30(3)26(32)25(28-24)27-23-9-7-20(8-10-23)21-11-13-29(2)14-12-21/h4-10,15-16,21H,11-14,17H2,1-3H3,(H,27,28). The summed E-state index contributed by atoms with van der Waals surface area (Å²) in [5, 5.41) is 3.19. The van der Waals surface area contributed by atoms with Gasteiger partial charge in [0, 0.05) is 31.4 Å². The van der Waals surface area contributed by atoms with Crippen LogP contribution in [0.4, 0.5) is 11.5 Å². The van der Waals surface area contributed by atoms with Gasteiger partial charge in [0.15, 0.2) is 5.82 Å². The zero-order chi connectivity index (χ0) is 23.4. The molecule has 4 rings (SSSR count). The highest BCUT2D eigenvalue weighted by molar-refractivity contribution is 5.66. The number of nitrogens with one attached hydrogen (secondary N) is 1. The maximum Gasteiger partial charge on any atom is 0.302 e. The van der Waals surface area contributed by atoms with Gasteiger partial charge < -0.3 is 19.5 Å². The summed E-state index contributed by atoms with van der Waals surface area (Å²) >= 11 is 0. The molecule has 1 N–H and O–H groups in total. The Kier molecular flexibility index (Phi) is 6.89. The summed E-state index contributed by atoms with van der Waals surface area (Å²) in [5.74, 6) is 0.533. The highest BCUT2D eigenvalue weighted by Gasteiger charge is 2.18. The highest BCUT2D eigenvalue weighted by atomic mass is 16.5. The van der Waals surface area contributed by atoms with Gasteiger partial charge in [-0.25, -0.2) is 4.98 Å². The monoisotopic (exact) mass is 446 g/mol.